The molecule has 0 saturated carbocycles. The number of hydrogen-bond donors (Lipinski definition) is 1. The van der Waals surface area contributed by atoms with Crippen molar-refractivity contribution in [2.45, 2.75) is 40.5 Å². The first-order valence-corrected chi connectivity index (χ1v) is 8.65. The number of anilines is 1. The number of carbonyl (C=O) groups is 2. The molecule has 0 aliphatic carbocycles. The van der Waals surface area contributed by atoms with Crippen molar-refractivity contribution in [2.75, 3.05) is 25.0 Å². The summed E-state index contributed by atoms with van der Waals surface area (Å²) in [6.45, 7) is 9.42. The van der Waals surface area contributed by atoms with Gasteiger partial charge in [0.15, 0.2) is 0 Å². The Morgan fingerprint density at radius 3 is 2.67 bits per heavy atom. The smallest absolute Gasteiger partial charge is 0.229 e. The van der Waals surface area contributed by atoms with Gasteiger partial charge in [0.25, 0.3) is 0 Å². The van der Waals surface area contributed by atoms with Gasteiger partial charge in [-0.15, -0.1) is 0 Å². The molecule has 5 heteroatoms. The van der Waals surface area contributed by atoms with Crippen LogP contribution >= 0.6 is 0 Å². The maximum absolute atomic E-state index is 12.6. The second kappa shape index (κ2) is 7.69. The zero-order chi connectivity index (χ0) is 17.7. The summed E-state index contributed by atoms with van der Waals surface area (Å²) in [6.07, 6.45) is 1.66. The number of piperidine rings is 1. The van der Waals surface area contributed by atoms with Gasteiger partial charge in [-0.05, 0) is 31.9 Å². The number of carbonyl (C=O) groups excluding carboxylic acids is 2. The molecule has 24 heavy (non-hydrogen) atoms. The van der Waals surface area contributed by atoms with E-state index in [-0.39, 0.29) is 17.7 Å². The first-order chi connectivity index (χ1) is 11.3. The standard InChI is InChI=1S/C19H28N2O3/c1-5-24-16-11-7-6-10-15(16)20-17(22)14-9-8-12-21(13-14)18(23)19(2,3)4/h6-7,10-11,14H,5,8-9,12-13H2,1-4H3,(H,20,22)/t14-/m1/s1. The van der Waals surface area contributed by atoms with Crippen LogP contribution in [0.15, 0.2) is 24.3 Å². The van der Waals surface area contributed by atoms with Gasteiger partial charge < -0.3 is 15.0 Å². The van der Waals surface area contributed by atoms with Crippen LogP contribution in [-0.2, 0) is 9.59 Å². The molecule has 0 spiro atoms. The SMILES string of the molecule is CCOc1ccccc1NC(=O)[C@@H]1CCCN(C(=O)C(C)(C)C)C1. The average Bonchev–Trinajstić information content (AvgIpc) is 2.55. The van der Waals surface area contributed by atoms with Gasteiger partial charge in [0.05, 0.1) is 18.2 Å². The topological polar surface area (TPSA) is 58.6 Å². The molecule has 1 aliphatic heterocycles. The minimum absolute atomic E-state index is 0.0476. The van der Waals surface area contributed by atoms with Crippen LogP contribution in [0.25, 0.3) is 0 Å². The highest BCUT2D eigenvalue weighted by Gasteiger charge is 2.33. The molecule has 0 bridgehead atoms. The van der Waals surface area contributed by atoms with Crippen LogP contribution in [0, 0.1) is 11.3 Å². The van der Waals surface area contributed by atoms with Crippen molar-refractivity contribution in [3.05, 3.63) is 24.3 Å². The summed E-state index contributed by atoms with van der Waals surface area (Å²) in [7, 11) is 0. The Labute approximate surface area is 144 Å². The number of ether oxygens (including phenoxy) is 1. The lowest BCUT2D eigenvalue weighted by Gasteiger charge is -2.35. The number of rotatable bonds is 4. The van der Waals surface area contributed by atoms with E-state index in [9.17, 15) is 9.59 Å². The Kier molecular flexibility index (Phi) is 5.86. The van der Waals surface area contributed by atoms with Crippen molar-refractivity contribution in [3.63, 3.8) is 0 Å². The van der Waals surface area contributed by atoms with Crippen molar-refractivity contribution in [1.82, 2.24) is 4.90 Å². The second-order valence-electron chi connectivity index (χ2n) is 7.26. The third-order valence-corrected chi connectivity index (χ3v) is 4.17. The molecule has 0 radical (unpaired) electrons. The normalized spacial score (nSPS) is 18.2. The Morgan fingerprint density at radius 2 is 2.00 bits per heavy atom. The van der Waals surface area contributed by atoms with E-state index in [2.05, 4.69) is 5.32 Å². The summed E-state index contributed by atoms with van der Waals surface area (Å²) in [5.74, 6) is 0.551. The third kappa shape index (κ3) is 4.49. The van der Waals surface area contributed by atoms with E-state index in [1.54, 1.807) is 0 Å². The highest BCUT2D eigenvalue weighted by atomic mass is 16.5. The molecule has 2 amide bonds. The fourth-order valence-electron chi connectivity index (χ4n) is 2.94. The Morgan fingerprint density at radius 1 is 1.29 bits per heavy atom. The molecule has 0 aromatic heterocycles. The predicted molar refractivity (Wildman–Crippen MR) is 95.0 cm³/mol. The molecule has 1 atom stereocenters. The molecule has 1 saturated heterocycles. The van der Waals surface area contributed by atoms with Gasteiger partial charge in [-0.2, -0.15) is 0 Å². The number of hydrogen-bond acceptors (Lipinski definition) is 3. The number of nitrogens with zero attached hydrogens (tertiary/aromatic N) is 1. The van der Waals surface area contributed by atoms with Crippen LogP contribution in [-0.4, -0.2) is 36.4 Å². The van der Waals surface area contributed by atoms with Crippen molar-refractivity contribution >= 4 is 17.5 Å². The Hall–Kier alpha value is -2.04. The van der Waals surface area contributed by atoms with Crippen LogP contribution in [0.5, 0.6) is 5.75 Å². The van der Waals surface area contributed by atoms with E-state index in [1.807, 2.05) is 56.9 Å². The average molecular weight is 332 g/mol. The summed E-state index contributed by atoms with van der Waals surface area (Å²) in [4.78, 5) is 26.9. The summed E-state index contributed by atoms with van der Waals surface area (Å²) in [6, 6.07) is 7.43. The summed E-state index contributed by atoms with van der Waals surface area (Å²) < 4.78 is 5.55. The van der Waals surface area contributed by atoms with Crippen molar-refractivity contribution in [2.24, 2.45) is 11.3 Å². The molecule has 2 rings (SSSR count). The predicted octanol–water partition coefficient (Wildman–Crippen LogP) is 3.31. The molecular formula is C19H28N2O3. The maximum Gasteiger partial charge on any atom is 0.229 e. The maximum atomic E-state index is 12.6. The number of para-hydroxylation sites is 2. The monoisotopic (exact) mass is 332 g/mol. The Balaban J connectivity index is 2.04. The third-order valence-electron chi connectivity index (χ3n) is 4.17. The molecule has 1 fully saturated rings. The van der Waals surface area contributed by atoms with Gasteiger partial charge in [-0.1, -0.05) is 32.9 Å². The van der Waals surface area contributed by atoms with Crippen LogP contribution in [0.1, 0.15) is 40.5 Å². The highest BCUT2D eigenvalue weighted by Crippen LogP contribution is 2.27. The van der Waals surface area contributed by atoms with Crippen LogP contribution < -0.4 is 10.1 Å². The largest absolute Gasteiger partial charge is 0.492 e. The molecule has 1 aliphatic rings. The molecule has 1 N–H and O–H groups in total. The summed E-state index contributed by atoms with van der Waals surface area (Å²) in [5.41, 5.74) is 0.267. The van der Waals surface area contributed by atoms with E-state index in [0.29, 0.717) is 24.6 Å². The lowest BCUT2D eigenvalue weighted by Crippen LogP contribution is -2.47. The molecule has 1 heterocycles. The molecular weight excluding hydrogens is 304 g/mol. The highest BCUT2D eigenvalue weighted by molar-refractivity contribution is 5.94. The van der Waals surface area contributed by atoms with E-state index in [0.717, 1.165) is 19.4 Å². The molecule has 5 nitrogen and oxygen atoms in total. The molecule has 1 aromatic rings. The zero-order valence-electron chi connectivity index (χ0n) is 15.1. The van der Waals surface area contributed by atoms with E-state index >= 15 is 0 Å². The van der Waals surface area contributed by atoms with Crippen molar-refractivity contribution in [3.8, 4) is 5.75 Å². The number of benzene rings is 1. The van der Waals surface area contributed by atoms with E-state index in [4.69, 9.17) is 4.74 Å². The van der Waals surface area contributed by atoms with Crippen molar-refractivity contribution in [1.29, 1.82) is 0 Å². The lowest BCUT2D eigenvalue weighted by molar-refractivity contribution is -0.142. The number of likely N-dealkylation sites (tertiary alicyclic amines) is 1. The number of nitrogens with one attached hydrogen (secondary N) is 1. The van der Waals surface area contributed by atoms with Crippen LogP contribution in [0.3, 0.4) is 0 Å². The van der Waals surface area contributed by atoms with Gasteiger partial charge in [0.2, 0.25) is 11.8 Å². The first-order valence-electron chi connectivity index (χ1n) is 8.65. The summed E-state index contributed by atoms with van der Waals surface area (Å²) in [5, 5.41) is 2.96. The minimum Gasteiger partial charge on any atom is -0.492 e. The van der Waals surface area contributed by atoms with Gasteiger partial charge in [0.1, 0.15) is 5.75 Å². The summed E-state index contributed by atoms with van der Waals surface area (Å²) >= 11 is 0. The van der Waals surface area contributed by atoms with Crippen molar-refractivity contribution < 1.29 is 14.3 Å². The molecule has 132 valence electrons. The zero-order valence-corrected chi connectivity index (χ0v) is 15.1. The molecule has 0 unspecified atom stereocenters. The van der Waals surface area contributed by atoms with Gasteiger partial charge in [-0.3, -0.25) is 9.59 Å². The van der Waals surface area contributed by atoms with Gasteiger partial charge >= 0.3 is 0 Å². The fraction of sp³-hybridized carbons (Fsp3) is 0.579. The second-order valence-corrected chi connectivity index (χ2v) is 7.26. The van der Waals surface area contributed by atoms with Gasteiger partial charge in [-0.25, -0.2) is 0 Å². The van der Waals surface area contributed by atoms with Crippen LogP contribution in [0.4, 0.5) is 5.69 Å². The Bertz CT molecular complexity index is 593. The minimum atomic E-state index is -0.417. The van der Waals surface area contributed by atoms with E-state index < -0.39 is 5.41 Å². The fourth-order valence-corrected chi connectivity index (χ4v) is 2.94. The van der Waals surface area contributed by atoms with Crippen LogP contribution in [0.2, 0.25) is 0 Å². The molecule has 1 aromatic carbocycles. The number of amides is 2. The lowest BCUT2D eigenvalue weighted by atomic mass is 9.91. The van der Waals surface area contributed by atoms with E-state index in [1.165, 1.54) is 0 Å². The first kappa shape index (κ1) is 18.3. The van der Waals surface area contributed by atoms with Gasteiger partial charge in [0, 0.05) is 18.5 Å². The quantitative estimate of drug-likeness (QED) is 0.920.